The average molecular weight is 372 g/mol. The molecule has 1 aliphatic carbocycles. The van der Waals surface area contributed by atoms with Crippen LogP contribution in [-0.2, 0) is 6.42 Å². The predicted octanol–water partition coefficient (Wildman–Crippen LogP) is 4.31. The zero-order valence-corrected chi connectivity index (χ0v) is 16.0. The Morgan fingerprint density at radius 3 is 2.43 bits per heavy atom. The summed E-state index contributed by atoms with van der Waals surface area (Å²) < 4.78 is 0. The Morgan fingerprint density at radius 1 is 0.964 bits per heavy atom. The lowest BCUT2D eigenvalue weighted by molar-refractivity contribution is 0.623. The molecule has 4 rings (SSSR count). The van der Waals surface area contributed by atoms with Gasteiger partial charge in [-0.05, 0) is 54.4 Å². The van der Waals surface area contributed by atoms with Crippen molar-refractivity contribution < 1.29 is 0 Å². The van der Waals surface area contributed by atoms with E-state index in [2.05, 4.69) is 40.3 Å². The van der Waals surface area contributed by atoms with Crippen molar-refractivity contribution >= 4 is 5.57 Å². The normalized spacial score (nSPS) is 16.6. The lowest BCUT2D eigenvalue weighted by Gasteiger charge is -2.23. The quantitative estimate of drug-likeness (QED) is 0.716. The van der Waals surface area contributed by atoms with Crippen LogP contribution >= 0.6 is 0 Å². The van der Waals surface area contributed by atoms with Crippen molar-refractivity contribution in [2.24, 2.45) is 0 Å². The SMILES string of the molecule is Cc1ccccc1Cc1c(C2=CCC(c3ccccc3)CC2)[nH]c(=O)[nH]c1=O. The number of aromatic amines is 2. The van der Waals surface area contributed by atoms with Gasteiger partial charge in [0, 0.05) is 12.0 Å². The smallest absolute Gasteiger partial charge is 0.307 e. The van der Waals surface area contributed by atoms with E-state index >= 15 is 0 Å². The van der Waals surface area contributed by atoms with Crippen LogP contribution in [0.4, 0.5) is 0 Å². The second-order valence-corrected chi connectivity index (χ2v) is 7.48. The van der Waals surface area contributed by atoms with Crippen molar-refractivity contribution in [1.29, 1.82) is 0 Å². The van der Waals surface area contributed by atoms with Gasteiger partial charge in [-0.15, -0.1) is 0 Å². The van der Waals surface area contributed by atoms with Gasteiger partial charge in [0.1, 0.15) is 0 Å². The third-order valence-electron chi connectivity index (χ3n) is 5.67. The van der Waals surface area contributed by atoms with Crippen molar-refractivity contribution in [3.05, 3.63) is 109 Å². The fourth-order valence-corrected chi connectivity index (χ4v) is 4.04. The molecule has 0 radical (unpaired) electrons. The van der Waals surface area contributed by atoms with E-state index in [-0.39, 0.29) is 5.56 Å². The Kier molecular flexibility index (Phi) is 5.11. The molecule has 4 heteroatoms. The van der Waals surface area contributed by atoms with E-state index in [1.807, 2.05) is 37.3 Å². The fourth-order valence-electron chi connectivity index (χ4n) is 4.04. The molecule has 1 unspecified atom stereocenters. The zero-order valence-electron chi connectivity index (χ0n) is 16.0. The first-order chi connectivity index (χ1) is 13.6. The number of H-pyrrole nitrogens is 2. The summed E-state index contributed by atoms with van der Waals surface area (Å²) in [4.78, 5) is 29.9. The van der Waals surface area contributed by atoms with Gasteiger partial charge in [-0.1, -0.05) is 60.7 Å². The highest BCUT2D eigenvalue weighted by molar-refractivity contribution is 5.66. The zero-order chi connectivity index (χ0) is 19.5. The minimum Gasteiger partial charge on any atom is -0.307 e. The topological polar surface area (TPSA) is 65.7 Å². The Morgan fingerprint density at radius 2 is 1.71 bits per heavy atom. The molecule has 2 N–H and O–H groups in total. The van der Waals surface area contributed by atoms with Crippen LogP contribution in [0.2, 0.25) is 0 Å². The lowest BCUT2D eigenvalue weighted by atomic mass is 9.83. The van der Waals surface area contributed by atoms with E-state index in [1.165, 1.54) is 5.56 Å². The van der Waals surface area contributed by atoms with Crippen LogP contribution in [0.3, 0.4) is 0 Å². The van der Waals surface area contributed by atoms with Gasteiger partial charge >= 0.3 is 5.69 Å². The molecule has 142 valence electrons. The van der Waals surface area contributed by atoms with Gasteiger partial charge in [0.15, 0.2) is 0 Å². The minimum atomic E-state index is -0.445. The van der Waals surface area contributed by atoms with Gasteiger partial charge in [-0.3, -0.25) is 9.78 Å². The summed E-state index contributed by atoms with van der Waals surface area (Å²) in [6.07, 6.45) is 5.47. The third kappa shape index (κ3) is 3.77. The van der Waals surface area contributed by atoms with Crippen molar-refractivity contribution in [3.63, 3.8) is 0 Å². The van der Waals surface area contributed by atoms with Gasteiger partial charge in [-0.25, -0.2) is 4.79 Å². The van der Waals surface area contributed by atoms with Crippen molar-refractivity contribution in [3.8, 4) is 0 Å². The summed E-state index contributed by atoms with van der Waals surface area (Å²) in [6.45, 7) is 2.04. The standard InChI is InChI=1S/C24H24N2O2/c1-16-7-5-6-10-20(16)15-21-22(25-24(28)26-23(21)27)19-13-11-18(12-14-19)17-8-3-2-4-9-17/h2-10,13,18H,11-12,14-15H2,1H3,(H2,25,26,27,28). The van der Waals surface area contributed by atoms with E-state index in [9.17, 15) is 9.59 Å². The lowest BCUT2D eigenvalue weighted by Crippen LogP contribution is -2.28. The summed E-state index contributed by atoms with van der Waals surface area (Å²) in [5, 5.41) is 0. The Balaban J connectivity index is 1.68. The van der Waals surface area contributed by atoms with Crippen LogP contribution in [0.15, 0.2) is 70.3 Å². The molecule has 1 atom stereocenters. The molecule has 4 nitrogen and oxygen atoms in total. The molecule has 0 bridgehead atoms. The van der Waals surface area contributed by atoms with E-state index in [0.29, 0.717) is 23.6 Å². The maximum atomic E-state index is 12.6. The van der Waals surface area contributed by atoms with Crippen LogP contribution in [0.5, 0.6) is 0 Å². The molecule has 1 aromatic heterocycles. The second-order valence-electron chi connectivity index (χ2n) is 7.48. The van der Waals surface area contributed by atoms with Gasteiger partial charge in [0.2, 0.25) is 0 Å². The maximum Gasteiger partial charge on any atom is 0.326 e. The third-order valence-corrected chi connectivity index (χ3v) is 5.67. The second kappa shape index (κ2) is 7.85. The van der Waals surface area contributed by atoms with Crippen LogP contribution < -0.4 is 11.2 Å². The van der Waals surface area contributed by atoms with E-state index in [4.69, 9.17) is 0 Å². The molecular weight excluding hydrogens is 348 g/mol. The molecule has 2 aromatic carbocycles. The van der Waals surface area contributed by atoms with Crippen molar-refractivity contribution in [1.82, 2.24) is 9.97 Å². The molecule has 0 spiro atoms. The molecule has 0 aliphatic heterocycles. The van der Waals surface area contributed by atoms with Gasteiger partial charge in [0.25, 0.3) is 5.56 Å². The number of hydrogen-bond acceptors (Lipinski definition) is 2. The highest BCUT2D eigenvalue weighted by Crippen LogP contribution is 2.35. The highest BCUT2D eigenvalue weighted by atomic mass is 16.2. The van der Waals surface area contributed by atoms with Crippen molar-refractivity contribution in [2.45, 2.75) is 38.5 Å². The van der Waals surface area contributed by atoms with Crippen molar-refractivity contribution in [2.75, 3.05) is 0 Å². The van der Waals surface area contributed by atoms with E-state index in [1.54, 1.807) is 0 Å². The molecule has 0 amide bonds. The Hall–Kier alpha value is -3.14. The van der Waals surface area contributed by atoms with E-state index < -0.39 is 5.69 Å². The maximum absolute atomic E-state index is 12.6. The molecule has 0 saturated heterocycles. The number of benzene rings is 2. The van der Waals surface area contributed by atoms with Gasteiger partial charge in [0.05, 0.1) is 5.69 Å². The summed E-state index contributed by atoms with van der Waals surface area (Å²) in [5.74, 6) is 0.485. The Labute approximate surface area is 164 Å². The summed E-state index contributed by atoms with van der Waals surface area (Å²) >= 11 is 0. The summed E-state index contributed by atoms with van der Waals surface area (Å²) in [6, 6.07) is 18.6. The molecule has 28 heavy (non-hydrogen) atoms. The van der Waals surface area contributed by atoms with Crippen LogP contribution in [0, 0.1) is 6.92 Å². The Bertz CT molecular complexity index is 1120. The first-order valence-corrected chi connectivity index (χ1v) is 9.76. The summed E-state index contributed by atoms with van der Waals surface area (Å²) in [7, 11) is 0. The molecule has 0 saturated carbocycles. The number of nitrogens with one attached hydrogen (secondary N) is 2. The van der Waals surface area contributed by atoms with E-state index in [0.717, 1.165) is 36.0 Å². The van der Waals surface area contributed by atoms with Crippen LogP contribution in [0.1, 0.15) is 53.1 Å². The molecule has 1 heterocycles. The average Bonchev–Trinajstić information content (AvgIpc) is 2.72. The fraction of sp³-hybridized carbons (Fsp3) is 0.250. The van der Waals surface area contributed by atoms with Crippen LogP contribution in [0.25, 0.3) is 5.57 Å². The monoisotopic (exact) mass is 372 g/mol. The largest absolute Gasteiger partial charge is 0.326 e. The highest BCUT2D eigenvalue weighted by Gasteiger charge is 2.21. The van der Waals surface area contributed by atoms with Gasteiger partial charge in [-0.2, -0.15) is 0 Å². The minimum absolute atomic E-state index is 0.298. The molecule has 3 aromatic rings. The molecule has 0 fully saturated rings. The first-order valence-electron chi connectivity index (χ1n) is 9.76. The number of aromatic nitrogens is 2. The number of rotatable bonds is 4. The number of hydrogen-bond donors (Lipinski definition) is 2. The first kappa shape index (κ1) is 18.2. The molecule has 1 aliphatic rings. The number of allylic oxidation sites excluding steroid dienone is 2. The summed E-state index contributed by atoms with van der Waals surface area (Å²) in [5.41, 5.74) is 5.24. The van der Waals surface area contributed by atoms with Gasteiger partial charge < -0.3 is 4.98 Å². The predicted molar refractivity (Wildman–Crippen MR) is 113 cm³/mol. The number of aryl methyl sites for hydroxylation is 1. The molecular formula is C24H24N2O2. The van der Waals surface area contributed by atoms with Crippen LogP contribution in [-0.4, -0.2) is 9.97 Å².